The highest BCUT2D eigenvalue weighted by atomic mass is 32.2. The number of hydrogen-bond acceptors (Lipinski definition) is 4. The van der Waals surface area contributed by atoms with Crippen molar-refractivity contribution in [1.82, 2.24) is 10.2 Å². The van der Waals surface area contributed by atoms with Gasteiger partial charge in [0, 0.05) is 13.1 Å². The SMILES string of the molecule is Cc1cccc(N(CC(=O)NCc2ccccc2CN2CCCC2)S(C)(=O)=O)c1C. The van der Waals surface area contributed by atoms with Crippen molar-refractivity contribution in [1.29, 1.82) is 0 Å². The average Bonchev–Trinajstić information content (AvgIpc) is 3.20. The molecular formula is C23H31N3O3S. The highest BCUT2D eigenvalue weighted by molar-refractivity contribution is 7.92. The van der Waals surface area contributed by atoms with E-state index in [1.807, 2.05) is 44.2 Å². The number of anilines is 1. The summed E-state index contributed by atoms with van der Waals surface area (Å²) in [6, 6.07) is 13.6. The molecule has 30 heavy (non-hydrogen) atoms. The quantitative estimate of drug-likeness (QED) is 0.700. The number of nitrogens with one attached hydrogen (secondary N) is 1. The lowest BCUT2D eigenvalue weighted by molar-refractivity contribution is -0.119. The monoisotopic (exact) mass is 429 g/mol. The fraction of sp³-hybridized carbons (Fsp3) is 0.435. The van der Waals surface area contributed by atoms with Gasteiger partial charge in [0.25, 0.3) is 0 Å². The van der Waals surface area contributed by atoms with Crippen molar-refractivity contribution < 1.29 is 13.2 Å². The van der Waals surface area contributed by atoms with Gasteiger partial charge in [-0.05, 0) is 68.1 Å². The van der Waals surface area contributed by atoms with E-state index in [-0.39, 0.29) is 12.5 Å². The largest absolute Gasteiger partial charge is 0.350 e. The van der Waals surface area contributed by atoms with Crippen LogP contribution in [0.4, 0.5) is 5.69 Å². The van der Waals surface area contributed by atoms with Crippen LogP contribution in [0, 0.1) is 13.8 Å². The van der Waals surface area contributed by atoms with Crippen LogP contribution in [0.25, 0.3) is 0 Å². The summed E-state index contributed by atoms with van der Waals surface area (Å²) < 4.78 is 26.0. The number of aryl methyl sites for hydroxylation is 1. The number of carbonyl (C=O) groups is 1. The van der Waals surface area contributed by atoms with Gasteiger partial charge >= 0.3 is 0 Å². The molecule has 0 aliphatic carbocycles. The second-order valence-corrected chi connectivity index (χ2v) is 9.92. The first-order valence-electron chi connectivity index (χ1n) is 10.4. The van der Waals surface area contributed by atoms with Gasteiger partial charge in [0.15, 0.2) is 0 Å². The minimum absolute atomic E-state index is 0.239. The molecule has 6 nitrogen and oxygen atoms in total. The van der Waals surface area contributed by atoms with E-state index in [0.717, 1.165) is 42.6 Å². The molecule has 0 bridgehead atoms. The Labute approximate surface area is 179 Å². The molecule has 1 aliphatic rings. The van der Waals surface area contributed by atoms with Crippen LogP contribution in [-0.2, 0) is 27.9 Å². The maximum atomic E-state index is 12.7. The Morgan fingerprint density at radius 2 is 1.70 bits per heavy atom. The summed E-state index contributed by atoms with van der Waals surface area (Å²) in [5.41, 5.74) is 4.65. The van der Waals surface area contributed by atoms with Crippen molar-refractivity contribution >= 4 is 21.6 Å². The van der Waals surface area contributed by atoms with Crippen molar-refractivity contribution in [3.63, 3.8) is 0 Å². The number of nitrogens with zero attached hydrogens (tertiary/aromatic N) is 2. The molecule has 1 aliphatic heterocycles. The van der Waals surface area contributed by atoms with E-state index in [2.05, 4.69) is 16.3 Å². The Bertz CT molecular complexity index is 999. The highest BCUT2D eigenvalue weighted by Gasteiger charge is 2.23. The first-order chi connectivity index (χ1) is 14.3. The van der Waals surface area contributed by atoms with Gasteiger partial charge < -0.3 is 5.32 Å². The lowest BCUT2D eigenvalue weighted by Crippen LogP contribution is -2.40. The lowest BCUT2D eigenvalue weighted by Gasteiger charge is -2.24. The molecule has 3 rings (SSSR count). The number of hydrogen-bond donors (Lipinski definition) is 1. The predicted molar refractivity (Wildman–Crippen MR) is 121 cm³/mol. The Morgan fingerprint density at radius 3 is 2.37 bits per heavy atom. The zero-order chi connectivity index (χ0) is 21.7. The molecule has 2 aromatic rings. The Kier molecular flexibility index (Phi) is 7.15. The van der Waals surface area contributed by atoms with E-state index in [1.54, 1.807) is 6.07 Å². The van der Waals surface area contributed by atoms with Crippen LogP contribution < -0.4 is 9.62 Å². The molecule has 2 aromatic carbocycles. The van der Waals surface area contributed by atoms with Crippen molar-refractivity contribution in [2.75, 3.05) is 30.2 Å². The van der Waals surface area contributed by atoms with Gasteiger partial charge in [-0.2, -0.15) is 0 Å². The molecular weight excluding hydrogens is 398 g/mol. The molecule has 7 heteroatoms. The Balaban J connectivity index is 1.69. The smallest absolute Gasteiger partial charge is 0.241 e. The fourth-order valence-corrected chi connectivity index (χ4v) is 4.74. The van der Waals surface area contributed by atoms with Gasteiger partial charge in [0.1, 0.15) is 6.54 Å². The normalized spacial score (nSPS) is 14.6. The predicted octanol–water partition coefficient (Wildman–Crippen LogP) is 2.98. The van der Waals surface area contributed by atoms with Crippen LogP contribution in [0.5, 0.6) is 0 Å². The van der Waals surface area contributed by atoms with E-state index in [0.29, 0.717) is 12.2 Å². The minimum atomic E-state index is -3.59. The second kappa shape index (κ2) is 9.62. The van der Waals surface area contributed by atoms with Crippen molar-refractivity contribution in [2.45, 2.75) is 39.8 Å². The minimum Gasteiger partial charge on any atom is -0.350 e. The van der Waals surface area contributed by atoms with Crippen molar-refractivity contribution in [3.05, 3.63) is 64.7 Å². The summed E-state index contributed by atoms with van der Waals surface area (Å²) in [4.78, 5) is 15.1. The number of likely N-dealkylation sites (tertiary alicyclic amines) is 1. The van der Waals surface area contributed by atoms with Gasteiger partial charge in [-0.3, -0.25) is 14.0 Å². The van der Waals surface area contributed by atoms with Gasteiger partial charge in [0.2, 0.25) is 15.9 Å². The van der Waals surface area contributed by atoms with E-state index in [1.165, 1.54) is 22.7 Å². The summed E-state index contributed by atoms with van der Waals surface area (Å²) in [5, 5.41) is 2.91. The third-order valence-electron chi connectivity index (χ3n) is 5.72. The molecule has 162 valence electrons. The summed E-state index contributed by atoms with van der Waals surface area (Å²) >= 11 is 0. The van der Waals surface area contributed by atoms with Crippen LogP contribution >= 0.6 is 0 Å². The van der Waals surface area contributed by atoms with Crippen LogP contribution in [0.2, 0.25) is 0 Å². The average molecular weight is 430 g/mol. The standard InChI is InChI=1S/C23H31N3O3S/c1-18-9-8-12-22(19(18)2)26(30(3,28)29)17-23(27)24-15-20-10-4-5-11-21(20)16-25-13-6-7-14-25/h4-5,8-12H,6-7,13-17H2,1-3H3,(H,24,27). The molecule has 1 N–H and O–H groups in total. The summed E-state index contributed by atoms with van der Waals surface area (Å²) in [6.07, 6.45) is 3.60. The first kappa shape index (κ1) is 22.3. The Hall–Kier alpha value is -2.38. The van der Waals surface area contributed by atoms with Gasteiger partial charge in [-0.1, -0.05) is 36.4 Å². The molecule has 1 fully saturated rings. The maximum absolute atomic E-state index is 12.7. The Morgan fingerprint density at radius 1 is 1.03 bits per heavy atom. The second-order valence-electron chi connectivity index (χ2n) is 8.02. The maximum Gasteiger partial charge on any atom is 0.241 e. The molecule has 0 saturated carbocycles. The summed E-state index contributed by atoms with van der Waals surface area (Å²) in [5.74, 6) is -0.322. The van der Waals surface area contributed by atoms with E-state index in [9.17, 15) is 13.2 Å². The highest BCUT2D eigenvalue weighted by Crippen LogP contribution is 2.24. The third-order valence-corrected chi connectivity index (χ3v) is 6.85. The lowest BCUT2D eigenvalue weighted by atomic mass is 10.1. The van der Waals surface area contributed by atoms with Gasteiger partial charge in [0.05, 0.1) is 11.9 Å². The number of sulfonamides is 1. The molecule has 0 aromatic heterocycles. The first-order valence-corrected chi connectivity index (χ1v) is 12.2. The topological polar surface area (TPSA) is 69.7 Å². The van der Waals surface area contributed by atoms with E-state index < -0.39 is 10.0 Å². The molecule has 0 spiro atoms. The number of carbonyl (C=O) groups excluding carboxylic acids is 1. The molecule has 1 saturated heterocycles. The molecule has 0 radical (unpaired) electrons. The molecule has 0 atom stereocenters. The number of amides is 1. The van der Waals surface area contributed by atoms with Gasteiger partial charge in [-0.25, -0.2) is 8.42 Å². The van der Waals surface area contributed by atoms with Crippen molar-refractivity contribution in [3.8, 4) is 0 Å². The van der Waals surface area contributed by atoms with Crippen LogP contribution in [-0.4, -0.2) is 45.1 Å². The molecule has 0 unspecified atom stereocenters. The van der Waals surface area contributed by atoms with Crippen molar-refractivity contribution in [2.24, 2.45) is 0 Å². The third kappa shape index (κ3) is 5.61. The molecule has 1 heterocycles. The number of benzene rings is 2. The van der Waals surface area contributed by atoms with Gasteiger partial charge in [-0.15, -0.1) is 0 Å². The molecule has 1 amide bonds. The summed E-state index contributed by atoms with van der Waals surface area (Å²) in [6.45, 7) is 7.04. The fourth-order valence-electron chi connectivity index (χ4n) is 3.83. The zero-order valence-corrected chi connectivity index (χ0v) is 18.8. The van der Waals surface area contributed by atoms with Crippen LogP contribution in [0.15, 0.2) is 42.5 Å². The zero-order valence-electron chi connectivity index (χ0n) is 18.0. The summed E-state index contributed by atoms with van der Waals surface area (Å²) in [7, 11) is -3.59. The van der Waals surface area contributed by atoms with E-state index in [4.69, 9.17) is 0 Å². The van der Waals surface area contributed by atoms with Crippen LogP contribution in [0.1, 0.15) is 35.1 Å². The van der Waals surface area contributed by atoms with E-state index >= 15 is 0 Å². The number of rotatable bonds is 8. The van der Waals surface area contributed by atoms with Crippen LogP contribution in [0.3, 0.4) is 0 Å².